The lowest BCUT2D eigenvalue weighted by Gasteiger charge is -2.27. The Morgan fingerprint density at radius 1 is 0.816 bits per heavy atom. The highest BCUT2D eigenvalue weighted by Gasteiger charge is 2.30. The summed E-state index contributed by atoms with van der Waals surface area (Å²) in [6, 6.07) is 9.18. The summed E-state index contributed by atoms with van der Waals surface area (Å²) in [5.74, 6) is -2.20. The zero-order valence-corrected chi connectivity index (χ0v) is 31.5. The van der Waals surface area contributed by atoms with Crippen molar-refractivity contribution in [2.45, 2.75) is 102 Å². The molecule has 2 aromatic carbocycles. The number of urea groups is 1. The summed E-state index contributed by atoms with van der Waals surface area (Å²) in [6.07, 6.45) is 0.777. The number of amides is 4. The van der Waals surface area contributed by atoms with Crippen LogP contribution in [0.3, 0.4) is 0 Å². The number of halogens is 1. The van der Waals surface area contributed by atoms with E-state index in [1.54, 1.807) is 59.7 Å². The molecule has 2 aromatic rings. The number of rotatable bonds is 15. The SMILES string of the molecule is CC(C)(C)OC(=O)[C@H](CCCCNC(=O)c1cccc(I)c1)NC(=O)N[C@@H](CCC(=O)Nc1ccc(S(N)(=O)=O)cc1)C(=O)OC(C)(C)C. The highest BCUT2D eigenvalue weighted by molar-refractivity contribution is 14.1. The molecule has 0 aromatic heterocycles. The number of sulfonamides is 1. The number of carbonyl (C=O) groups is 5. The minimum Gasteiger partial charge on any atom is -0.458 e. The van der Waals surface area contributed by atoms with Crippen LogP contribution in [-0.4, -0.2) is 68.0 Å². The van der Waals surface area contributed by atoms with Gasteiger partial charge in [-0.3, -0.25) is 9.59 Å². The fourth-order valence-electron chi connectivity index (χ4n) is 4.24. The van der Waals surface area contributed by atoms with Crippen LogP contribution in [0.5, 0.6) is 0 Å². The molecule has 0 fully saturated rings. The van der Waals surface area contributed by atoms with Crippen molar-refractivity contribution in [2.75, 3.05) is 11.9 Å². The van der Waals surface area contributed by atoms with Gasteiger partial charge in [-0.05, 0) is 132 Å². The maximum Gasteiger partial charge on any atom is 0.329 e. The summed E-state index contributed by atoms with van der Waals surface area (Å²) >= 11 is 2.13. The van der Waals surface area contributed by atoms with Gasteiger partial charge in [0.15, 0.2) is 0 Å². The molecule has 0 bridgehead atoms. The molecule has 0 saturated heterocycles. The predicted octanol–water partition coefficient (Wildman–Crippen LogP) is 3.98. The summed E-state index contributed by atoms with van der Waals surface area (Å²) < 4.78 is 34.9. The van der Waals surface area contributed by atoms with E-state index < -0.39 is 57.2 Å². The van der Waals surface area contributed by atoms with Crippen LogP contribution in [0.2, 0.25) is 0 Å². The minimum atomic E-state index is -3.91. The van der Waals surface area contributed by atoms with E-state index in [1.165, 1.54) is 24.3 Å². The van der Waals surface area contributed by atoms with Crippen LogP contribution in [0.4, 0.5) is 10.5 Å². The zero-order chi connectivity index (χ0) is 37.0. The van der Waals surface area contributed by atoms with Crippen LogP contribution >= 0.6 is 22.6 Å². The second kappa shape index (κ2) is 18.3. The van der Waals surface area contributed by atoms with Gasteiger partial charge in [0.1, 0.15) is 23.3 Å². The van der Waals surface area contributed by atoms with Gasteiger partial charge in [0, 0.05) is 27.8 Å². The van der Waals surface area contributed by atoms with Gasteiger partial charge in [0.05, 0.1) is 4.90 Å². The first kappa shape index (κ1) is 41.4. The molecule has 16 heteroatoms. The Morgan fingerprint density at radius 2 is 1.37 bits per heavy atom. The Labute approximate surface area is 301 Å². The number of primary sulfonamides is 1. The van der Waals surface area contributed by atoms with Gasteiger partial charge in [-0.25, -0.2) is 27.9 Å². The van der Waals surface area contributed by atoms with E-state index in [0.29, 0.717) is 30.6 Å². The molecule has 6 N–H and O–H groups in total. The number of hydrogen-bond donors (Lipinski definition) is 5. The van der Waals surface area contributed by atoms with Crippen molar-refractivity contribution < 1.29 is 41.9 Å². The quantitative estimate of drug-likeness (QED) is 0.0999. The summed E-state index contributed by atoms with van der Waals surface area (Å²) in [5.41, 5.74) is -0.895. The molecule has 49 heavy (non-hydrogen) atoms. The third-order valence-electron chi connectivity index (χ3n) is 6.41. The summed E-state index contributed by atoms with van der Waals surface area (Å²) in [4.78, 5) is 64.2. The largest absolute Gasteiger partial charge is 0.458 e. The van der Waals surface area contributed by atoms with Gasteiger partial charge in [0.2, 0.25) is 15.9 Å². The molecule has 0 aliphatic carbocycles. The highest BCUT2D eigenvalue weighted by Crippen LogP contribution is 2.16. The number of esters is 2. The summed E-state index contributed by atoms with van der Waals surface area (Å²) in [6.45, 7) is 10.4. The minimum absolute atomic E-state index is 0.125. The normalized spacial score (nSPS) is 13.0. The van der Waals surface area contributed by atoms with E-state index >= 15 is 0 Å². The molecular weight excluding hydrogens is 769 g/mol. The second-order valence-corrected chi connectivity index (χ2v) is 16.0. The van der Waals surface area contributed by atoms with E-state index in [1.807, 2.05) is 6.07 Å². The first-order valence-corrected chi connectivity index (χ1v) is 18.2. The number of hydrogen-bond acceptors (Lipinski definition) is 9. The molecule has 0 saturated carbocycles. The third kappa shape index (κ3) is 16.5. The van der Waals surface area contributed by atoms with Gasteiger partial charge in [-0.1, -0.05) is 6.07 Å². The molecule has 0 spiro atoms. The molecule has 14 nitrogen and oxygen atoms in total. The summed E-state index contributed by atoms with van der Waals surface area (Å²) in [5, 5.41) is 15.6. The number of anilines is 1. The van der Waals surface area contributed by atoms with E-state index in [9.17, 15) is 32.4 Å². The molecule has 270 valence electrons. The maximum absolute atomic E-state index is 13.2. The van der Waals surface area contributed by atoms with Crippen LogP contribution in [0.1, 0.15) is 84.0 Å². The Morgan fingerprint density at radius 3 is 1.88 bits per heavy atom. The van der Waals surface area contributed by atoms with Crippen LogP contribution < -0.4 is 26.4 Å². The van der Waals surface area contributed by atoms with Gasteiger partial charge in [-0.15, -0.1) is 0 Å². The van der Waals surface area contributed by atoms with Crippen LogP contribution in [0.25, 0.3) is 0 Å². The Hall–Kier alpha value is -3.77. The van der Waals surface area contributed by atoms with Crippen molar-refractivity contribution in [3.63, 3.8) is 0 Å². The predicted molar refractivity (Wildman–Crippen MR) is 192 cm³/mol. The molecule has 0 heterocycles. The smallest absolute Gasteiger partial charge is 0.329 e. The molecule has 0 radical (unpaired) electrons. The highest BCUT2D eigenvalue weighted by atomic mass is 127. The first-order valence-electron chi connectivity index (χ1n) is 15.6. The lowest BCUT2D eigenvalue weighted by Crippen LogP contribution is -2.53. The monoisotopic (exact) mass is 815 g/mol. The van der Waals surface area contributed by atoms with Crippen LogP contribution in [0, 0.1) is 3.57 Å². The zero-order valence-electron chi connectivity index (χ0n) is 28.6. The van der Waals surface area contributed by atoms with Gasteiger partial charge >= 0.3 is 18.0 Å². The van der Waals surface area contributed by atoms with Gasteiger partial charge < -0.3 is 30.7 Å². The van der Waals surface area contributed by atoms with Crippen molar-refractivity contribution in [3.8, 4) is 0 Å². The Kier molecular flexibility index (Phi) is 15.5. The van der Waals surface area contributed by atoms with Crippen LogP contribution in [-0.2, 0) is 33.9 Å². The number of benzene rings is 2. The third-order valence-corrected chi connectivity index (χ3v) is 8.01. The molecular formula is C33H46IN5O9S. The molecule has 2 atom stereocenters. The average Bonchev–Trinajstić information content (AvgIpc) is 2.96. The van der Waals surface area contributed by atoms with E-state index in [2.05, 4.69) is 43.9 Å². The van der Waals surface area contributed by atoms with E-state index in [0.717, 1.165) is 3.57 Å². The number of nitrogens with two attached hydrogens (primary N) is 1. The Bertz CT molecular complexity index is 1590. The molecule has 2 rings (SSSR count). The summed E-state index contributed by atoms with van der Waals surface area (Å²) in [7, 11) is -3.91. The topological polar surface area (TPSA) is 212 Å². The molecule has 4 amide bonds. The van der Waals surface area contributed by atoms with Crippen molar-refractivity contribution in [1.82, 2.24) is 16.0 Å². The fraction of sp³-hybridized carbons (Fsp3) is 0.485. The maximum atomic E-state index is 13.2. The van der Waals surface area contributed by atoms with Gasteiger partial charge in [-0.2, -0.15) is 0 Å². The van der Waals surface area contributed by atoms with Crippen molar-refractivity contribution in [2.24, 2.45) is 5.14 Å². The lowest BCUT2D eigenvalue weighted by atomic mass is 10.1. The van der Waals surface area contributed by atoms with Crippen molar-refractivity contribution in [1.29, 1.82) is 0 Å². The average molecular weight is 816 g/mol. The standard InChI is InChI=1S/C33H46IN5O9S/c1-32(2,3)47-29(42)25(12-7-8-19-36-28(41)21-10-9-11-22(34)20-21)38-31(44)39-26(30(43)48-33(4,5)6)17-18-27(40)37-23-13-15-24(16-14-23)49(35,45)46/h9-11,13-16,20,25-26H,7-8,12,17-19H2,1-6H3,(H,36,41)(H,37,40)(H2,35,45,46)(H2,38,39,44)/t25-,26-/m0/s1. The molecule has 0 unspecified atom stereocenters. The van der Waals surface area contributed by atoms with Crippen molar-refractivity contribution >= 4 is 68.1 Å². The van der Waals surface area contributed by atoms with Gasteiger partial charge in [0.25, 0.3) is 5.91 Å². The first-order chi connectivity index (χ1) is 22.6. The number of ether oxygens (including phenoxy) is 2. The molecule has 0 aliphatic rings. The van der Waals surface area contributed by atoms with E-state index in [4.69, 9.17) is 14.6 Å². The second-order valence-electron chi connectivity index (χ2n) is 13.2. The van der Waals surface area contributed by atoms with Crippen molar-refractivity contribution in [3.05, 3.63) is 57.7 Å². The van der Waals surface area contributed by atoms with Crippen LogP contribution in [0.15, 0.2) is 53.4 Å². The number of nitrogens with one attached hydrogen (secondary N) is 4. The number of unbranched alkanes of at least 4 members (excludes halogenated alkanes) is 1. The fourth-order valence-corrected chi connectivity index (χ4v) is 5.29. The number of carbonyl (C=O) groups excluding carboxylic acids is 5. The van der Waals surface area contributed by atoms with E-state index in [-0.39, 0.29) is 30.1 Å². The Balaban J connectivity index is 2.05. The molecule has 0 aliphatic heterocycles. The lowest BCUT2D eigenvalue weighted by molar-refractivity contribution is -0.157.